The first-order valence-electron chi connectivity index (χ1n) is 20.3. The number of esters is 1. The van der Waals surface area contributed by atoms with Gasteiger partial charge in [0.2, 0.25) is 0 Å². The molecule has 3 rings (SSSR count). The number of hydrogen-bond acceptors (Lipinski definition) is 3. The van der Waals surface area contributed by atoms with Gasteiger partial charge in [0.05, 0.1) is 13.0 Å². The van der Waals surface area contributed by atoms with Crippen LogP contribution in [-0.2, 0) is 16.0 Å². The van der Waals surface area contributed by atoms with Crippen molar-refractivity contribution < 1.29 is 14.0 Å². The Hall–Kier alpha value is -3.11. The molecule has 0 spiro atoms. The molecule has 0 saturated carbocycles. The van der Waals surface area contributed by atoms with Crippen molar-refractivity contribution in [2.24, 2.45) is 5.92 Å². The number of unbranched alkanes of at least 4 members (excludes halogenated alkanes) is 15. The Morgan fingerprint density at radius 3 is 1.45 bits per heavy atom. The van der Waals surface area contributed by atoms with Crippen molar-refractivity contribution in [2.75, 3.05) is 7.11 Å². The van der Waals surface area contributed by atoms with Crippen LogP contribution in [0.25, 0.3) is 0 Å². The van der Waals surface area contributed by atoms with Crippen molar-refractivity contribution in [3.63, 3.8) is 0 Å². The lowest BCUT2D eigenvalue weighted by Crippen LogP contribution is -2.68. The Bertz CT molecular complexity index is 1340. The molecule has 4 heteroatoms. The molecule has 0 aliphatic rings. The first kappa shape index (κ1) is 42.3. The maximum Gasteiger partial charge on any atom is 0.319 e. The summed E-state index contributed by atoms with van der Waals surface area (Å²) >= 11 is 0. The fourth-order valence-electron chi connectivity index (χ4n) is 7.52. The van der Waals surface area contributed by atoms with E-state index >= 15 is 0 Å². The molecule has 0 amide bonds. The second-order valence-electron chi connectivity index (χ2n) is 15.9. The molecule has 3 aromatic carbocycles. The van der Waals surface area contributed by atoms with Gasteiger partial charge >= 0.3 is 14.3 Å². The molecule has 0 aromatic heterocycles. The molecule has 3 aromatic rings. The van der Waals surface area contributed by atoms with Gasteiger partial charge < -0.3 is 9.16 Å². The van der Waals surface area contributed by atoms with Crippen LogP contribution in [0.15, 0.2) is 96.6 Å². The highest BCUT2D eigenvalue weighted by molar-refractivity contribution is 7.00. The summed E-state index contributed by atoms with van der Waals surface area (Å²) in [7, 11) is -1.13. The van der Waals surface area contributed by atoms with Crippen LogP contribution < -0.4 is 14.8 Å². The molecule has 0 bridgehead atoms. The number of aryl methyl sites for hydroxylation is 1. The van der Waals surface area contributed by atoms with Crippen molar-refractivity contribution in [3.05, 3.63) is 102 Å². The molecule has 0 radical (unpaired) electrons. The van der Waals surface area contributed by atoms with Crippen LogP contribution in [0.5, 0.6) is 5.75 Å². The second kappa shape index (κ2) is 23.4. The van der Waals surface area contributed by atoms with Crippen molar-refractivity contribution >= 4 is 24.7 Å². The minimum absolute atomic E-state index is 0.0389. The maximum absolute atomic E-state index is 11.5. The van der Waals surface area contributed by atoms with E-state index in [1.807, 2.05) is 6.92 Å². The highest BCUT2D eigenvalue weighted by Crippen LogP contribution is 2.37. The third kappa shape index (κ3) is 14.8. The summed E-state index contributed by atoms with van der Waals surface area (Å²) in [5.74, 6) is 0.699. The molecule has 0 N–H and O–H groups in total. The SMILES string of the molecule is COC(=O)[C@@H](C)/C=C(\C)CCCCCCCCCCCCCCCCCCc1ccc(O[Si](c2ccccc2)(c2ccccc2)C(C)(C)C)cc1. The average Bonchev–Trinajstić information content (AvgIpc) is 3.13. The molecule has 0 unspecified atom stereocenters. The van der Waals surface area contributed by atoms with E-state index in [2.05, 4.69) is 119 Å². The minimum Gasteiger partial charge on any atom is -0.534 e. The summed E-state index contributed by atoms with van der Waals surface area (Å²) in [4.78, 5) is 11.5. The fourth-order valence-corrected chi connectivity index (χ4v) is 11.9. The highest BCUT2D eigenvalue weighted by Gasteiger charge is 2.52. The van der Waals surface area contributed by atoms with Gasteiger partial charge in [-0.3, -0.25) is 4.79 Å². The van der Waals surface area contributed by atoms with Gasteiger partial charge in [0.25, 0.3) is 0 Å². The lowest BCUT2D eigenvalue weighted by Gasteiger charge is -2.43. The van der Waals surface area contributed by atoms with E-state index in [9.17, 15) is 4.79 Å². The summed E-state index contributed by atoms with van der Waals surface area (Å²) < 4.78 is 12.0. The van der Waals surface area contributed by atoms with E-state index < -0.39 is 8.32 Å². The van der Waals surface area contributed by atoms with Crippen molar-refractivity contribution in [3.8, 4) is 5.75 Å². The molecule has 0 saturated heterocycles. The number of allylic oxidation sites excluding steroid dienone is 1. The molecule has 51 heavy (non-hydrogen) atoms. The number of hydrogen-bond donors (Lipinski definition) is 0. The van der Waals surface area contributed by atoms with E-state index in [1.165, 1.54) is 131 Å². The lowest BCUT2D eigenvalue weighted by molar-refractivity contribution is -0.143. The van der Waals surface area contributed by atoms with Crippen LogP contribution in [0.2, 0.25) is 5.04 Å². The van der Waals surface area contributed by atoms with E-state index in [0.29, 0.717) is 0 Å². The third-order valence-electron chi connectivity index (χ3n) is 10.5. The van der Waals surface area contributed by atoms with Gasteiger partial charge in [-0.1, -0.05) is 195 Å². The van der Waals surface area contributed by atoms with Gasteiger partial charge in [0, 0.05) is 0 Å². The zero-order valence-electron chi connectivity index (χ0n) is 33.2. The number of ether oxygens (including phenoxy) is 1. The second-order valence-corrected chi connectivity index (χ2v) is 20.1. The molecule has 0 heterocycles. The van der Waals surface area contributed by atoms with Crippen LogP contribution in [-0.4, -0.2) is 21.4 Å². The predicted octanol–water partition coefficient (Wildman–Crippen LogP) is 12.6. The summed E-state index contributed by atoms with van der Waals surface area (Å²) in [5.41, 5.74) is 2.72. The van der Waals surface area contributed by atoms with Gasteiger partial charge in [-0.05, 0) is 72.6 Å². The van der Waals surface area contributed by atoms with Crippen LogP contribution >= 0.6 is 0 Å². The zero-order chi connectivity index (χ0) is 36.8. The zero-order valence-corrected chi connectivity index (χ0v) is 34.2. The predicted molar refractivity (Wildman–Crippen MR) is 222 cm³/mol. The number of carbonyl (C=O) groups is 1. The Morgan fingerprint density at radius 1 is 0.627 bits per heavy atom. The topological polar surface area (TPSA) is 35.5 Å². The van der Waals surface area contributed by atoms with Gasteiger partial charge in [0.15, 0.2) is 0 Å². The third-order valence-corrected chi connectivity index (χ3v) is 15.5. The van der Waals surface area contributed by atoms with Crippen LogP contribution in [0, 0.1) is 5.92 Å². The van der Waals surface area contributed by atoms with Gasteiger partial charge in [-0.25, -0.2) is 0 Å². The number of benzene rings is 3. The van der Waals surface area contributed by atoms with Gasteiger partial charge in [-0.2, -0.15) is 0 Å². The summed E-state index contributed by atoms with van der Waals surface area (Å²) in [6.45, 7) is 11.0. The summed E-state index contributed by atoms with van der Waals surface area (Å²) in [6, 6.07) is 30.8. The number of methoxy groups -OCH3 is 1. The number of carbonyl (C=O) groups excluding carboxylic acids is 1. The van der Waals surface area contributed by atoms with Gasteiger partial charge in [0.1, 0.15) is 5.75 Å². The number of rotatable bonds is 25. The van der Waals surface area contributed by atoms with Crippen molar-refractivity contribution in [1.29, 1.82) is 0 Å². The Balaban J connectivity index is 1.22. The van der Waals surface area contributed by atoms with E-state index in [1.54, 1.807) is 0 Å². The molecule has 0 aliphatic carbocycles. The average molecular weight is 711 g/mol. The maximum atomic E-state index is 11.5. The lowest BCUT2D eigenvalue weighted by atomic mass is 10.0. The smallest absolute Gasteiger partial charge is 0.319 e. The molecule has 1 atom stereocenters. The normalized spacial score (nSPS) is 12.9. The first-order chi connectivity index (χ1) is 24.7. The molecular weight excluding hydrogens is 641 g/mol. The Labute approximate surface area is 313 Å². The largest absolute Gasteiger partial charge is 0.534 e. The first-order valence-corrected chi connectivity index (χ1v) is 22.2. The van der Waals surface area contributed by atoms with Crippen LogP contribution in [0.4, 0.5) is 0 Å². The summed E-state index contributed by atoms with van der Waals surface area (Å²) in [6.07, 6.45) is 26.1. The standard InChI is InChI=1S/C47H70O3Si/c1-40(39-41(2)46(48)49-6)29-23-19-17-15-13-11-9-7-8-10-12-14-16-18-20-24-30-42-35-37-43(38-36-42)50-51(47(3,4)5,44-31-25-21-26-32-44)45-33-27-22-28-34-45/h21-22,25-28,31-39,41H,7-20,23-24,29-30H2,1-6H3/b40-39+/t41-/m0/s1. The van der Waals surface area contributed by atoms with E-state index in [4.69, 9.17) is 9.16 Å². The quantitative estimate of drug-likeness (QED) is 0.0380. The van der Waals surface area contributed by atoms with E-state index in [0.717, 1.165) is 18.6 Å². The van der Waals surface area contributed by atoms with Crippen LogP contribution in [0.3, 0.4) is 0 Å². The monoisotopic (exact) mass is 711 g/mol. The molecule has 3 nitrogen and oxygen atoms in total. The summed E-state index contributed by atoms with van der Waals surface area (Å²) in [5, 5.41) is 2.58. The van der Waals surface area contributed by atoms with Crippen LogP contribution in [0.1, 0.15) is 149 Å². The molecule has 280 valence electrons. The molecule has 0 fully saturated rings. The Kier molecular flexibility index (Phi) is 19.4. The van der Waals surface area contributed by atoms with E-state index in [-0.39, 0.29) is 16.9 Å². The Morgan fingerprint density at radius 2 is 1.04 bits per heavy atom. The minimum atomic E-state index is -2.59. The van der Waals surface area contributed by atoms with Gasteiger partial charge in [-0.15, -0.1) is 0 Å². The van der Waals surface area contributed by atoms with Crippen molar-refractivity contribution in [1.82, 2.24) is 0 Å². The van der Waals surface area contributed by atoms with Crippen molar-refractivity contribution in [2.45, 2.75) is 155 Å². The molecule has 0 aliphatic heterocycles. The highest BCUT2D eigenvalue weighted by atomic mass is 28.4. The fraction of sp³-hybridized carbons (Fsp3) is 0.553. The molecular formula is C47H70O3Si.